The van der Waals surface area contributed by atoms with Crippen LogP contribution in [0.4, 0.5) is 13.2 Å². The van der Waals surface area contributed by atoms with Gasteiger partial charge in [0.1, 0.15) is 0 Å². The maximum absolute atomic E-state index is 11.8. The molecule has 0 aromatic carbocycles. The molecule has 0 saturated heterocycles. The van der Waals surface area contributed by atoms with Gasteiger partial charge in [0, 0.05) is 8.58 Å². The van der Waals surface area contributed by atoms with Crippen LogP contribution in [0.2, 0.25) is 0 Å². The number of halogens is 3. The summed E-state index contributed by atoms with van der Waals surface area (Å²) in [5, 5.41) is 0. The van der Waals surface area contributed by atoms with E-state index in [0.29, 0.717) is 0 Å². The van der Waals surface area contributed by atoms with Crippen molar-refractivity contribution >= 4 is 8.58 Å². The minimum Gasteiger partial charge on any atom is -0.167 e. The Kier molecular flexibility index (Phi) is 10.5. The summed E-state index contributed by atoms with van der Waals surface area (Å²) in [6, 6.07) is 0. The van der Waals surface area contributed by atoms with Crippen LogP contribution in [0.3, 0.4) is 0 Å². The predicted molar refractivity (Wildman–Crippen MR) is 65.1 cm³/mol. The maximum Gasteiger partial charge on any atom is 0.409 e. The van der Waals surface area contributed by atoms with Crippen molar-refractivity contribution in [2.45, 2.75) is 70.6 Å². The molecule has 0 aromatic heterocycles. The van der Waals surface area contributed by atoms with Crippen LogP contribution in [0, 0.1) is 0 Å². The molecular formula is C12H23F3P. The lowest BCUT2D eigenvalue weighted by atomic mass is 10.1. The van der Waals surface area contributed by atoms with Gasteiger partial charge in [-0.05, 0) is 12.6 Å². The van der Waals surface area contributed by atoms with Crippen molar-refractivity contribution in [3.05, 3.63) is 0 Å². The first-order chi connectivity index (χ1) is 7.56. The Morgan fingerprint density at radius 1 is 0.750 bits per heavy atom. The summed E-state index contributed by atoms with van der Waals surface area (Å²) in [6.45, 7) is 2.19. The maximum atomic E-state index is 11.8. The van der Waals surface area contributed by atoms with Crippen LogP contribution in [-0.4, -0.2) is 12.1 Å². The molecule has 0 spiro atoms. The van der Waals surface area contributed by atoms with E-state index in [1.165, 1.54) is 38.5 Å². The van der Waals surface area contributed by atoms with E-state index in [4.69, 9.17) is 0 Å². The van der Waals surface area contributed by atoms with Crippen molar-refractivity contribution in [3.8, 4) is 0 Å². The van der Waals surface area contributed by atoms with Crippen molar-refractivity contribution in [1.29, 1.82) is 0 Å². The smallest absolute Gasteiger partial charge is 0.167 e. The number of alkyl halides is 3. The van der Waals surface area contributed by atoms with Crippen molar-refractivity contribution < 1.29 is 13.2 Å². The summed E-state index contributed by atoms with van der Waals surface area (Å²) < 4.78 is 35.4. The Balaban J connectivity index is 2.99. The van der Waals surface area contributed by atoms with Gasteiger partial charge in [-0.2, -0.15) is 13.2 Å². The largest absolute Gasteiger partial charge is 0.409 e. The molecule has 0 aromatic rings. The average Bonchev–Trinajstić information content (AvgIpc) is 2.19. The molecule has 1 radical (unpaired) electrons. The third-order valence-corrected chi connectivity index (χ3v) is 3.45. The van der Waals surface area contributed by atoms with Gasteiger partial charge < -0.3 is 0 Å². The van der Waals surface area contributed by atoms with E-state index >= 15 is 0 Å². The fourth-order valence-corrected chi connectivity index (χ4v) is 2.26. The van der Waals surface area contributed by atoms with Crippen LogP contribution < -0.4 is 0 Å². The zero-order valence-corrected chi connectivity index (χ0v) is 11.0. The van der Waals surface area contributed by atoms with Crippen LogP contribution in [0.5, 0.6) is 0 Å². The molecule has 0 amide bonds. The van der Waals surface area contributed by atoms with Crippen molar-refractivity contribution in [3.63, 3.8) is 0 Å². The minimum absolute atomic E-state index is 0.277. The normalized spacial score (nSPS) is 12.8. The number of hydrogen-bond donors (Lipinski definition) is 0. The van der Waals surface area contributed by atoms with Gasteiger partial charge in [-0.25, -0.2) is 0 Å². The summed E-state index contributed by atoms with van der Waals surface area (Å²) in [5.41, 5.74) is 0. The molecule has 4 heteroatoms. The Labute approximate surface area is 99.2 Å². The SMILES string of the molecule is CCCCCCCCCCC[P]C(F)(F)F. The highest BCUT2D eigenvalue weighted by molar-refractivity contribution is 7.39. The fourth-order valence-electron chi connectivity index (χ4n) is 1.63. The Bertz CT molecular complexity index is 146. The van der Waals surface area contributed by atoms with Crippen LogP contribution >= 0.6 is 8.58 Å². The van der Waals surface area contributed by atoms with Crippen molar-refractivity contribution in [2.24, 2.45) is 0 Å². The molecule has 97 valence electrons. The Morgan fingerprint density at radius 3 is 1.62 bits per heavy atom. The zero-order valence-electron chi connectivity index (χ0n) is 10.2. The second kappa shape index (κ2) is 10.4. The average molecular weight is 255 g/mol. The first kappa shape index (κ1) is 16.2. The second-order valence-corrected chi connectivity index (χ2v) is 5.45. The van der Waals surface area contributed by atoms with E-state index in [1.807, 2.05) is 0 Å². The van der Waals surface area contributed by atoms with Gasteiger partial charge in [-0.1, -0.05) is 58.3 Å². The zero-order chi connectivity index (χ0) is 12.3. The van der Waals surface area contributed by atoms with Gasteiger partial charge in [0.2, 0.25) is 0 Å². The van der Waals surface area contributed by atoms with Gasteiger partial charge in [0.15, 0.2) is 0 Å². The molecule has 0 aliphatic carbocycles. The third-order valence-electron chi connectivity index (χ3n) is 2.55. The first-order valence-electron chi connectivity index (χ1n) is 6.31. The summed E-state index contributed by atoms with van der Waals surface area (Å²) in [7, 11) is -0.369. The molecule has 16 heavy (non-hydrogen) atoms. The molecule has 0 fully saturated rings. The van der Waals surface area contributed by atoms with Crippen LogP contribution in [0.25, 0.3) is 0 Å². The summed E-state index contributed by atoms with van der Waals surface area (Å²) in [6.07, 6.45) is 10.6. The molecule has 0 saturated carbocycles. The molecule has 0 heterocycles. The van der Waals surface area contributed by atoms with Crippen LogP contribution in [0.1, 0.15) is 64.7 Å². The highest BCUT2D eigenvalue weighted by Crippen LogP contribution is 2.36. The van der Waals surface area contributed by atoms with E-state index in [-0.39, 0.29) is 14.7 Å². The number of unbranched alkanes of at least 4 members (excludes halogenated alkanes) is 8. The van der Waals surface area contributed by atoms with Crippen molar-refractivity contribution in [2.75, 3.05) is 6.16 Å². The van der Waals surface area contributed by atoms with E-state index < -0.39 is 5.92 Å². The van der Waals surface area contributed by atoms with Gasteiger partial charge in [-0.3, -0.25) is 0 Å². The highest BCUT2D eigenvalue weighted by atomic mass is 31.1. The first-order valence-corrected chi connectivity index (χ1v) is 7.39. The monoisotopic (exact) mass is 255 g/mol. The lowest BCUT2D eigenvalue weighted by Gasteiger charge is -2.04. The van der Waals surface area contributed by atoms with E-state index in [2.05, 4.69) is 6.92 Å². The topological polar surface area (TPSA) is 0 Å². The summed E-state index contributed by atoms with van der Waals surface area (Å²) >= 11 is 0. The Morgan fingerprint density at radius 2 is 1.19 bits per heavy atom. The lowest BCUT2D eigenvalue weighted by Crippen LogP contribution is -1.98. The molecule has 0 atom stereocenters. The lowest BCUT2D eigenvalue weighted by molar-refractivity contribution is -0.0371. The van der Waals surface area contributed by atoms with Crippen molar-refractivity contribution in [1.82, 2.24) is 0 Å². The van der Waals surface area contributed by atoms with Gasteiger partial charge >= 0.3 is 5.92 Å². The van der Waals surface area contributed by atoms with Gasteiger partial charge in [0.05, 0.1) is 0 Å². The minimum atomic E-state index is -3.99. The number of hydrogen-bond acceptors (Lipinski definition) is 0. The highest BCUT2D eigenvalue weighted by Gasteiger charge is 2.26. The van der Waals surface area contributed by atoms with E-state index in [1.54, 1.807) is 0 Å². The molecule has 0 rings (SSSR count). The van der Waals surface area contributed by atoms with Gasteiger partial charge in [-0.15, -0.1) is 0 Å². The molecule has 0 aliphatic rings. The Hall–Kier alpha value is 0.220. The van der Waals surface area contributed by atoms with Crippen LogP contribution in [0.15, 0.2) is 0 Å². The second-order valence-electron chi connectivity index (χ2n) is 4.18. The third kappa shape index (κ3) is 14.2. The van der Waals surface area contributed by atoms with Crippen LogP contribution in [-0.2, 0) is 0 Å². The molecule has 0 nitrogen and oxygen atoms in total. The van der Waals surface area contributed by atoms with Gasteiger partial charge in [0.25, 0.3) is 0 Å². The summed E-state index contributed by atoms with van der Waals surface area (Å²) in [5.74, 6) is -3.99. The molecular weight excluding hydrogens is 232 g/mol. The molecule has 0 bridgehead atoms. The molecule has 0 aliphatic heterocycles. The predicted octanol–water partition coefficient (Wildman–Crippen LogP) is 5.98. The molecule has 0 unspecified atom stereocenters. The molecule has 0 N–H and O–H groups in total. The van der Waals surface area contributed by atoms with E-state index in [0.717, 1.165) is 19.3 Å². The fraction of sp³-hybridized carbons (Fsp3) is 1.00. The van der Waals surface area contributed by atoms with E-state index in [9.17, 15) is 13.2 Å². The standard InChI is InChI=1S/C12H23F3P/c1-2-3-4-5-6-7-8-9-10-11-16-12(13,14)15/h2-11H2,1H3. The number of rotatable bonds is 10. The summed E-state index contributed by atoms with van der Waals surface area (Å²) in [4.78, 5) is 0. The quantitative estimate of drug-likeness (QED) is 0.332.